The van der Waals surface area contributed by atoms with Crippen molar-refractivity contribution < 1.29 is 4.74 Å². The lowest BCUT2D eigenvalue weighted by Gasteiger charge is -2.14. The van der Waals surface area contributed by atoms with Gasteiger partial charge in [0.1, 0.15) is 6.73 Å². The number of ether oxygens (including phenoxy) is 1. The molecule has 0 radical (unpaired) electrons. The molecule has 1 N–H and O–H groups in total. The Labute approximate surface area is 136 Å². The summed E-state index contributed by atoms with van der Waals surface area (Å²) < 4.78 is 7.75. The van der Waals surface area contributed by atoms with E-state index in [4.69, 9.17) is 4.74 Å². The fourth-order valence-corrected chi connectivity index (χ4v) is 2.59. The van der Waals surface area contributed by atoms with Crippen LogP contribution >= 0.6 is 15.9 Å². The first-order chi connectivity index (χ1) is 10.5. The average molecular weight is 365 g/mol. The zero-order valence-electron chi connectivity index (χ0n) is 12.3. The van der Waals surface area contributed by atoms with Gasteiger partial charge in [-0.25, -0.2) is 4.79 Å². The third-order valence-electron chi connectivity index (χ3n) is 3.28. The molecule has 0 amide bonds. The molecular formula is C16H17BrN2O3. The number of H-pyrrole nitrogens is 1. The lowest BCUT2D eigenvalue weighted by molar-refractivity contribution is 0.0943. The van der Waals surface area contributed by atoms with Crippen LogP contribution in [0.2, 0.25) is 0 Å². The van der Waals surface area contributed by atoms with E-state index in [1.807, 2.05) is 24.3 Å². The quantitative estimate of drug-likeness (QED) is 0.632. The Morgan fingerprint density at radius 2 is 2.18 bits per heavy atom. The Morgan fingerprint density at radius 1 is 1.41 bits per heavy atom. The first-order valence-corrected chi connectivity index (χ1v) is 7.58. The summed E-state index contributed by atoms with van der Waals surface area (Å²) in [6.45, 7) is 5.68. The molecule has 116 valence electrons. The van der Waals surface area contributed by atoms with Crippen molar-refractivity contribution in [2.45, 2.75) is 20.1 Å². The van der Waals surface area contributed by atoms with E-state index in [1.165, 1.54) is 4.57 Å². The molecule has 2 rings (SSSR count). The largest absolute Gasteiger partial charge is 0.357 e. The molecule has 0 saturated heterocycles. The minimum absolute atomic E-state index is 0.0752. The minimum Gasteiger partial charge on any atom is -0.357 e. The predicted molar refractivity (Wildman–Crippen MR) is 89.2 cm³/mol. The van der Waals surface area contributed by atoms with Gasteiger partial charge in [-0.05, 0) is 24.6 Å². The third-order valence-corrected chi connectivity index (χ3v) is 3.77. The second kappa shape index (κ2) is 7.38. The molecule has 6 heteroatoms. The molecule has 22 heavy (non-hydrogen) atoms. The van der Waals surface area contributed by atoms with Crippen LogP contribution in [0, 0.1) is 6.92 Å². The van der Waals surface area contributed by atoms with Crippen LogP contribution in [0.25, 0.3) is 0 Å². The highest BCUT2D eigenvalue weighted by Gasteiger charge is 2.12. The number of halogens is 1. The van der Waals surface area contributed by atoms with Crippen LogP contribution < -0.4 is 11.2 Å². The number of hydrogen-bond donors (Lipinski definition) is 1. The molecule has 0 saturated carbocycles. The summed E-state index contributed by atoms with van der Waals surface area (Å²) in [5.41, 5.74) is 1.33. The average Bonchev–Trinajstić information content (AvgIpc) is 2.48. The van der Waals surface area contributed by atoms with E-state index in [2.05, 4.69) is 27.5 Å². The summed E-state index contributed by atoms with van der Waals surface area (Å²) in [5, 5.41) is 0. The van der Waals surface area contributed by atoms with Crippen LogP contribution in [0.5, 0.6) is 0 Å². The fraction of sp³-hybridized carbons (Fsp3) is 0.250. The summed E-state index contributed by atoms with van der Waals surface area (Å²) in [6.07, 6.45) is 2.08. The Hall–Kier alpha value is -1.92. The topological polar surface area (TPSA) is 64.1 Å². The number of rotatable bonds is 6. The van der Waals surface area contributed by atoms with Crippen molar-refractivity contribution in [1.29, 1.82) is 0 Å². The molecule has 1 heterocycles. The Balaban J connectivity index is 2.45. The van der Waals surface area contributed by atoms with Crippen molar-refractivity contribution >= 4 is 15.9 Å². The van der Waals surface area contributed by atoms with Crippen LogP contribution in [0.3, 0.4) is 0 Å². The van der Waals surface area contributed by atoms with E-state index in [1.54, 1.807) is 13.0 Å². The number of aromatic nitrogens is 2. The van der Waals surface area contributed by atoms with Crippen LogP contribution in [0.4, 0.5) is 0 Å². The number of nitrogens with zero attached hydrogens (tertiary/aromatic N) is 1. The predicted octanol–water partition coefficient (Wildman–Crippen LogP) is 2.36. The van der Waals surface area contributed by atoms with Gasteiger partial charge in [-0.3, -0.25) is 14.3 Å². The molecule has 2 aromatic rings. The van der Waals surface area contributed by atoms with Gasteiger partial charge in [0.25, 0.3) is 5.56 Å². The lowest BCUT2D eigenvalue weighted by atomic mass is 10.1. The molecule has 0 bridgehead atoms. The molecular weight excluding hydrogens is 348 g/mol. The highest BCUT2D eigenvalue weighted by Crippen LogP contribution is 2.15. The van der Waals surface area contributed by atoms with Gasteiger partial charge in [-0.15, -0.1) is 6.58 Å². The van der Waals surface area contributed by atoms with Gasteiger partial charge in [-0.1, -0.05) is 34.1 Å². The standard InChI is InChI=1S/C16H17BrN2O3/c1-3-7-22-10-19-14(11(2)15(20)18-16(19)21)9-12-5-4-6-13(17)8-12/h3-6,8H,1,7,9-10H2,2H3,(H,18,20,21). The zero-order chi connectivity index (χ0) is 16.1. The fourth-order valence-electron chi connectivity index (χ4n) is 2.15. The van der Waals surface area contributed by atoms with Crippen LogP contribution in [-0.4, -0.2) is 16.2 Å². The Kier molecular flexibility index (Phi) is 5.51. The highest BCUT2D eigenvalue weighted by atomic mass is 79.9. The van der Waals surface area contributed by atoms with Crippen LogP contribution in [0.15, 0.2) is 51.0 Å². The molecule has 0 spiro atoms. The van der Waals surface area contributed by atoms with Crippen molar-refractivity contribution in [3.63, 3.8) is 0 Å². The molecule has 1 aromatic heterocycles. The van der Waals surface area contributed by atoms with E-state index in [-0.39, 0.29) is 12.3 Å². The Bertz CT molecular complexity index is 793. The van der Waals surface area contributed by atoms with Gasteiger partial charge in [0.05, 0.1) is 6.61 Å². The van der Waals surface area contributed by atoms with Crippen molar-refractivity contribution in [2.75, 3.05) is 6.61 Å². The van der Waals surface area contributed by atoms with Gasteiger partial charge < -0.3 is 4.74 Å². The SMILES string of the molecule is C=CCOCn1c(Cc2cccc(Br)c2)c(C)c(=O)[nH]c1=O. The molecule has 1 aromatic carbocycles. The number of aromatic amines is 1. The maximum Gasteiger partial charge on any atom is 0.330 e. The molecule has 0 aliphatic rings. The minimum atomic E-state index is -0.468. The molecule has 5 nitrogen and oxygen atoms in total. The molecule has 0 aliphatic carbocycles. The van der Waals surface area contributed by atoms with Gasteiger partial charge in [0.15, 0.2) is 0 Å². The number of benzene rings is 1. The summed E-state index contributed by atoms with van der Waals surface area (Å²) in [7, 11) is 0. The molecule has 0 aliphatic heterocycles. The van der Waals surface area contributed by atoms with E-state index >= 15 is 0 Å². The summed E-state index contributed by atoms with van der Waals surface area (Å²) >= 11 is 3.42. The lowest BCUT2D eigenvalue weighted by Crippen LogP contribution is -2.35. The number of nitrogens with one attached hydrogen (secondary N) is 1. The Morgan fingerprint density at radius 3 is 2.86 bits per heavy atom. The van der Waals surface area contributed by atoms with E-state index < -0.39 is 5.69 Å². The van der Waals surface area contributed by atoms with E-state index in [0.717, 1.165) is 10.0 Å². The second-order valence-electron chi connectivity index (χ2n) is 4.85. The van der Waals surface area contributed by atoms with Gasteiger partial charge in [0.2, 0.25) is 0 Å². The first kappa shape index (κ1) is 16.5. The number of hydrogen-bond acceptors (Lipinski definition) is 3. The molecule has 0 unspecified atom stereocenters. The monoisotopic (exact) mass is 364 g/mol. The first-order valence-electron chi connectivity index (χ1n) is 6.78. The normalized spacial score (nSPS) is 10.6. The van der Waals surface area contributed by atoms with Crippen LogP contribution in [-0.2, 0) is 17.9 Å². The van der Waals surface area contributed by atoms with Gasteiger partial charge >= 0.3 is 5.69 Å². The van der Waals surface area contributed by atoms with Crippen molar-refractivity contribution in [3.8, 4) is 0 Å². The van der Waals surface area contributed by atoms with Crippen molar-refractivity contribution in [1.82, 2.24) is 9.55 Å². The second-order valence-corrected chi connectivity index (χ2v) is 5.77. The van der Waals surface area contributed by atoms with E-state index in [0.29, 0.717) is 24.3 Å². The van der Waals surface area contributed by atoms with Crippen LogP contribution in [0.1, 0.15) is 16.8 Å². The maximum atomic E-state index is 12.1. The summed E-state index contributed by atoms with van der Waals surface area (Å²) in [5.74, 6) is 0. The van der Waals surface area contributed by atoms with Crippen molar-refractivity contribution in [2.24, 2.45) is 0 Å². The summed E-state index contributed by atoms with van der Waals surface area (Å²) in [4.78, 5) is 26.2. The molecule has 0 atom stereocenters. The molecule has 0 fully saturated rings. The van der Waals surface area contributed by atoms with Crippen molar-refractivity contribution in [3.05, 3.63) is 79.1 Å². The van der Waals surface area contributed by atoms with Gasteiger partial charge in [-0.2, -0.15) is 0 Å². The summed E-state index contributed by atoms with van der Waals surface area (Å²) in [6, 6.07) is 7.75. The van der Waals surface area contributed by atoms with E-state index in [9.17, 15) is 9.59 Å². The third kappa shape index (κ3) is 3.84. The zero-order valence-corrected chi connectivity index (χ0v) is 13.9. The van der Waals surface area contributed by atoms with Gasteiger partial charge in [0, 0.05) is 22.2 Å². The maximum absolute atomic E-state index is 12.1. The highest BCUT2D eigenvalue weighted by molar-refractivity contribution is 9.10. The smallest absolute Gasteiger partial charge is 0.330 e.